The lowest BCUT2D eigenvalue weighted by Gasteiger charge is -2.40. The third-order valence-corrected chi connectivity index (χ3v) is 6.39. The van der Waals surface area contributed by atoms with Crippen LogP contribution in [0, 0.1) is 0 Å². The van der Waals surface area contributed by atoms with Crippen molar-refractivity contribution < 1.29 is 24.2 Å². The number of alkyl carbamates (subject to hydrolysis) is 1. The predicted octanol–water partition coefficient (Wildman–Crippen LogP) is 2.53. The number of amides is 2. The van der Waals surface area contributed by atoms with E-state index in [1.165, 1.54) is 4.90 Å². The molecule has 2 unspecified atom stereocenters. The van der Waals surface area contributed by atoms with Gasteiger partial charge in [-0.3, -0.25) is 4.79 Å². The summed E-state index contributed by atoms with van der Waals surface area (Å²) in [5, 5.41) is 12.0. The fourth-order valence-corrected chi connectivity index (χ4v) is 4.54. The van der Waals surface area contributed by atoms with Crippen molar-refractivity contribution in [2.24, 2.45) is 0 Å². The van der Waals surface area contributed by atoms with E-state index >= 15 is 0 Å². The molecule has 8 nitrogen and oxygen atoms in total. The van der Waals surface area contributed by atoms with Crippen LogP contribution in [-0.4, -0.2) is 78.8 Å². The van der Waals surface area contributed by atoms with Crippen LogP contribution in [0.3, 0.4) is 0 Å². The molecule has 2 atom stereocenters. The van der Waals surface area contributed by atoms with Crippen molar-refractivity contribution in [1.82, 2.24) is 15.1 Å². The number of aliphatic carboxylic acids is 1. The second-order valence-electron chi connectivity index (χ2n) is 8.79. The Bertz CT molecular complexity index is 1010. The summed E-state index contributed by atoms with van der Waals surface area (Å²) in [5.74, 6) is -1.49. The average molecular weight is 452 g/mol. The molecule has 174 valence electrons. The second kappa shape index (κ2) is 9.62. The smallest absolute Gasteiger partial charge is 0.407 e. The van der Waals surface area contributed by atoms with Gasteiger partial charge in [-0.05, 0) is 55.7 Å². The van der Waals surface area contributed by atoms with E-state index < -0.39 is 24.1 Å². The molecule has 1 saturated heterocycles. The zero-order valence-corrected chi connectivity index (χ0v) is 18.9. The lowest BCUT2D eigenvalue weighted by molar-refractivity contribution is -0.158. The average Bonchev–Trinajstić information content (AvgIpc) is 3.07. The number of likely N-dealkylation sites (tertiary alicyclic amines) is 1. The number of fused-ring (bicyclic) bond motifs is 3. The van der Waals surface area contributed by atoms with Crippen LogP contribution >= 0.6 is 0 Å². The molecule has 0 aromatic heterocycles. The number of carboxylic acids is 1. The van der Waals surface area contributed by atoms with Gasteiger partial charge in [0.15, 0.2) is 0 Å². The summed E-state index contributed by atoms with van der Waals surface area (Å²) in [5.41, 5.74) is 4.49. The van der Waals surface area contributed by atoms with Gasteiger partial charge in [0.2, 0.25) is 5.91 Å². The van der Waals surface area contributed by atoms with E-state index in [0.717, 1.165) is 22.3 Å². The Morgan fingerprint density at radius 2 is 1.70 bits per heavy atom. The van der Waals surface area contributed by atoms with Crippen molar-refractivity contribution in [2.75, 3.05) is 33.8 Å². The molecule has 8 heteroatoms. The first-order chi connectivity index (χ1) is 15.9. The summed E-state index contributed by atoms with van der Waals surface area (Å²) >= 11 is 0. The first-order valence-corrected chi connectivity index (χ1v) is 11.2. The number of carbonyl (C=O) groups is 3. The number of nitrogens with zero attached hydrogens (tertiary/aromatic N) is 2. The van der Waals surface area contributed by atoms with Gasteiger partial charge in [0.05, 0.1) is 0 Å². The Kier molecular flexibility index (Phi) is 6.65. The van der Waals surface area contributed by atoms with Gasteiger partial charge in [-0.1, -0.05) is 48.5 Å². The van der Waals surface area contributed by atoms with Crippen molar-refractivity contribution >= 4 is 18.0 Å². The quantitative estimate of drug-likeness (QED) is 0.640. The van der Waals surface area contributed by atoms with Gasteiger partial charge in [-0.25, -0.2) is 9.59 Å². The van der Waals surface area contributed by atoms with E-state index in [2.05, 4.69) is 17.4 Å². The van der Waals surface area contributed by atoms with E-state index in [-0.39, 0.29) is 18.4 Å². The monoisotopic (exact) mass is 451 g/mol. The lowest BCUT2D eigenvalue weighted by atomic mass is 9.98. The molecule has 2 aromatic carbocycles. The minimum Gasteiger partial charge on any atom is -0.480 e. The number of rotatable bonds is 8. The summed E-state index contributed by atoms with van der Waals surface area (Å²) in [6.45, 7) is 1.09. The Balaban J connectivity index is 1.42. The molecule has 2 N–H and O–H groups in total. The van der Waals surface area contributed by atoms with Crippen LogP contribution in [0.1, 0.15) is 29.9 Å². The van der Waals surface area contributed by atoms with Crippen molar-refractivity contribution in [1.29, 1.82) is 0 Å². The molecule has 2 aromatic rings. The highest BCUT2D eigenvalue weighted by Crippen LogP contribution is 2.44. The molecule has 4 rings (SSSR count). The lowest BCUT2D eigenvalue weighted by Crippen LogP contribution is -2.60. The topological polar surface area (TPSA) is 99.2 Å². The molecule has 0 spiro atoms. The number of hydrogen-bond acceptors (Lipinski definition) is 5. The van der Waals surface area contributed by atoms with Crippen LogP contribution < -0.4 is 5.32 Å². The molecule has 33 heavy (non-hydrogen) atoms. The molecule has 2 aliphatic rings. The number of carboxylic acid groups (broad SMARTS) is 1. The van der Waals surface area contributed by atoms with Crippen LogP contribution in [0.5, 0.6) is 0 Å². The molecular formula is C25H29N3O5. The first kappa shape index (κ1) is 22.8. The van der Waals surface area contributed by atoms with Gasteiger partial charge in [0.25, 0.3) is 0 Å². The summed E-state index contributed by atoms with van der Waals surface area (Å²) in [6, 6.07) is 14.5. The zero-order chi connectivity index (χ0) is 23.5. The fraction of sp³-hybridized carbons (Fsp3) is 0.400. The van der Waals surface area contributed by atoms with E-state index in [0.29, 0.717) is 25.9 Å². The van der Waals surface area contributed by atoms with E-state index in [1.54, 1.807) is 0 Å². The third kappa shape index (κ3) is 4.71. The van der Waals surface area contributed by atoms with Crippen molar-refractivity contribution in [3.63, 3.8) is 0 Å². The van der Waals surface area contributed by atoms with Crippen LogP contribution in [0.15, 0.2) is 48.5 Å². The largest absolute Gasteiger partial charge is 0.480 e. The SMILES string of the molecule is CN(C)CCC(NC(=O)OCC1c2ccccc2-c2ccccc21)C(=O)N1CCC1C(=O)O. The normalized spacial score (nSPS) is 17.7. The van der Waals surface area contributed by atoms with E-state index in [4.69, 9.17) is 4.74 Å². The number of hydrogen-bond donors (Lipinski definition) is 2. The molecule has 2 amide bonds. The minimum absolute atomic E-state index is 0.0779. The summed E-state index contributed by atoms with van der Waals surface area (Å²) in [7, 11) is 3.75. The molecule has 0 saturated carbocycles. The summed E-state index contributed by atoms with van der Waals surface area (Å²) in [4.78, 5) is 40.2. The molecular weight excluding hydrogens is 422 g/mol. The van der Waals surface area contributed by atoms with Crippen LogP contribution in [0.25, 0.3) is 11.1 Å². The van der Waals surface area contributed by atoms with Crippen molar-refractivity contribution in [3.05, 3.63) is 59.7 Å². The zero-order valence-electron chi connectivity index (χ0n) is 18.9. The van der Waals surface area contributed by atoms with E-state index in [9.17, 15) is 19.5 Å². The van der Waals surface area contributed by atoms with Crippen LogP contribution in [0.4, 0.5) is 4.79 Å². The van der Waals surface area contributed by atoms with Gasteiger partial charge in [-0.2, -0.15) is 0 Å². The maximum Gasteiger partial charge on any atom is 0.407 e. The Hall–Kier alpha value is -3.39. The van der Waals surface area contributed by atoms with E-state index in [1.807, 2.05) is 55.4 Å². The summed E-state index contributed by atoms with van der Waals surface area (Å²) < 4.78 is 5.58. The number of carbonyl (C=O) groups excluding carboxylic acids is 2. The Morgan fingerprint density at radius 1 is 1.09 bits per heavy atom. The molecule has 1 aliphatic carbocycles. The number of ether oxygens (including phenoxy) is 1. The maximum atomic E-state index is 12.9. The van der Waals surface area contributed by atoms with Gasteiger partial charge >= 0.3 is 12.1 Å². The van der Waals surface area contributed by atoms with Crippen molar-refractivity contribution in [2.45, 2.75) is 30.8 Å². The minimum atomic E-state index is -1.03. The fourth-order valence-electron chi connectivity index (χ4n) is 4.54. The molecule has 1 aliphatic heterocycles. The molecule has 1 heterocycles. The highest BCUT2D eigenvalue weighted by molar-refractivity contribution is 5.90. The molecule has 0 radical (unpaired) electrons. The van der Waals surface area contributed by atoms with Gasteiger partial charge in [0.1, 0.15) is 18.7 Å². The number of nitrogens with one attached hydrogen (secondary N) is 1. The van der Waals surface area contributed by atoms with Crippen molar-refractivity contribution in [3.8, 4) is 11.1 Å². The number of benzene rings is 2. The first-order valence-electron chi connectivity index (χ1n) is 11.2. The highest BCUT2D eigenvalue weighted by atomic mass is 16.5. The van der Waals surface area contributed by atoms with Crippen LogP contribution in [0.2, 0.25) is 0 Å². The standard InChI is InChI=1S/C25H29N3O5/c1-27(2)13-11-21(23(29)28-14-12-22(28)24(30)31)26-25(32)33-15-20-18-9-5-3-7-16(18)17-8-4-6-10-19(17)20/h3-10,20-22H,11-15H2,1-2H3,(H,26,32)(H,30,31). The third-order valence-electron chi connectivity index (χ3n) is 6.39. The van der Waals surface area contributed by atoms with Crippen LogP contribution in [-0.2, 0) is 14.3 Å². The maximum absolute atomic E-state index is 12.9. The van der Waals surface area contributed by atoms with Gasteiger partial charge < -0.3 is 25.0 Å². The molecule has 0 bridgehead atoms. The molecule has 1 fully saturated rings. The van der Waals surface area contributed by atoms with Gasteiger partial charge in [-0.15, -0.1) is 0 Å². The Morgan fingerprint density at radius 3 is 2.21 bits per heavy atom. The Labute approximate surface area is 193 Å². The highest BCUT2D eigenvalue weighted by Gasteiger charge is 2.40. The van der Waals surface area contributed by atoms with Gasteiger partial charge in [0, 0.05) is 12.5 Å². The second-order valence-corrected chi connectivity index (χ2v) is 8.79. The predicted molar refractivity (Wildman–Crippen MR) is 123 cm³/mol. The summed E-state index contributed by atoms with van der Waals surface area (Å²) in [6.07, 6.45) is 0.104.